The average Bonchev–Trinajstić information content (AvgIpc) is 2.50. The highest BCUT2D eigenvalue weighted by molar-refractivity contribution is 7.80. The molecule has 0 aliphatic rings. The molecule has 5 nitrogen and oxygen atoms in total. The van der Waals surface area contributed by atoms with Crippen molar-refractivity contribution in [3.8, 4) is 11.5 Å². The van der Waals surface area contributed by atoms with Crippen LogP contribution < -0.4 is 20.3 Å². The smallest absolute Gasteiger partial charge is 0.490 e. The Hall–Kier alpha value is -1.25. The summed E-state index contributed by atoms with van der Waals surface area (Å²) in [6, 6.07) is 9.81. The van der Waals surface area contributed by atoms with Gasteiger partial charge in [-0.05, 0) is 36.4 Å². The minimum Gasteiger partial charge on any atom is -0.497 e. The van der Waals surface area contributed by atoms with E-state index in [1.54, 1.807) is 31.4 Å². The first-order valence-electron chi connectivity index (χ1n) is 6.51. The Morgan fingerprint density at radius 1 is 1.09 bits per heavy atom. The fourth-order valence-corrected chi connectivity index (χ4v) is 2.62. The molecule has 2 rings (SSSR count). The fourth-order valence-electron chi connectivity index (χ4n) is 1.82. The van der Waals surface area contributed by atoms with Gasteiger partial charge in [-0.15, -0.1) is 12.6 Å². The van der Waals surface area contributed by atoms with Gasteiger partial charge in [-0.2, -0.15) is 0 Å². The summed E-state index contributed by atoms with van der Waals surface area (Å²) in [5.41, 5.74) is -0.179. The van der Waals surface area contributed by atoms with Crippen LogP contribution in [-0.4, -0.2) is 29.8 Å². The molecule has 1 unspecified atom stereocenters. The molecule has 0 amide bonds. The molecule has 3 N–H and O–H groups in total. The molecule has 0 bridgehead atoms. The van der Waals surface area contributed by atoms with E-state index in [-0.39, 0.29) is 10.5 Å². The number of hydrogen-bond donors (Lipinski definition) is 4. The van der Waals surface area contributed by atoms with Gasteiger partial charge < -0.3 is 24.8 Å². The van der Waals surface area contributed by atoms with Crippen molar-refractivity contribution in [1.82, 2.24) is 0 Å². The first-order chi connectivity index (χ1) is 10.9. The molecule has 0 spiro atoms. The van der Waals surface area contributed by atoms with Crippen LogP contribution in [0.5, 0.6) is 11.5 Å². The molecule has 0 saturated carbocycles. The van der Waals surface area contributed by atoms with E-state index in [1.165, 1.54) is 12.1 Å². The molecule has 122 valence electrons. The lowest BCUT2D eigenvalue weighted by molar-refractivity contribution is 0.316. The zero-order valence-corrected chi connectivity index (χ0v) is 14.4. The Morgan fingerprint density at radius 3 is 2.26 bits per heavy atom. The second-order valence-electron chi connectivity index (χ2n) is 4.52. The SMILES string of the molecule is COc1ccc(OC(S)Nc2cc(B(O)O)c(Cl)cc2Cl)cc1. The van der Waals surface area contributed by atoms with Crippen molar-refractivity contribution in [2.75, 3.05) is 12.4 Å². The minimum atomic E-state index is -1.71. The Labute approximate surface area is 149 Å². The third kappa shape index (κ3) is 4.86. The lowest BCUT2D eigenvalue weighted by Gasteiger charge is -2.18. The van der Waals surface area contributed by atoms with Crippen molar-refractivity contribution in [3.05, 3.63) is 46.4 Å². The van der Waals surface area contributed by atoms with Crippen LogP contribution >= 0.6 is 35.8 Å². The van der Waals surface area contributed by atoms with Crippen molar-refractivity contribution in [2.45, 2.75) is 5.56 Å². The predicted octanol–water partition coefficient (Wildman–Crippen LogP) is 2.39. The second-order valence-corrected chi connectivity index (χ2v) is 5.80. The highest BCUT2D eigenvalue weighted by Gasteiger charge is 2.19. The van der Waals surface area contributed by atoms with Gasteiger partial charge >= 0.3 is 7.12 Å². The Morgan fingerprint density at radius 2 is 1.70 bits per heavy atom. The Kier molecular flexibility index (Phi) is 6.32. The summed E-state index contributed by atoms with van der Waals surface area (Å²) < 4.78 is 10.6. The van der Waals surface area contributed by atoms with Crippen molar-refractivity contribution in [2.24, 2.45) is 0 Å². The van der Waals surface area contributed by atoms with Crippen molar-refractivity contribution in [1.29, 1.82) is 0 Å². The number of methoxy groups -OCH3 is 1. The van der Waals surface area contributed by atoms with Crippen LogP contribution in [0.2, 0.25) is 10.0 Å². The van der Waals surface area contributed by atoms with E-state index in [4.69, 9.17) is 32.7 Å². The number of nitrogens with one attached hydrogen (secondary N) is 1. The van der Waals surface area contributed by atoms with Gasteiger partial charge in [0, 0.05) is 10.5 Å². The Bertz CT molecular complexity index is 673. The maximum Gasteiger partial charge on any atom is 0.490 e. The molecule has 1 atom stereocenters. The average molecular weight is 374 g/mol. The number of hydrogen-bond acceptors (Lipinski definition) is 6. The maximum atomic E-state index is 9.28. The molecule has 0 heterocycles. The summed E-state index contributed by atoms with van der Waals surface area (Å²) in [5.74, 6) is 1.29. The first-order valence-corrected chi connectivity index (χ1v) is 7.78. The lowest BCUT2D eigenvalue weighted by atomic mass is 9.80. The minimum absolute atomic E-state index is 0.128. The van der Waals surface area contributed by atoms with Gasteiger partial charge in [0.1, 0.15) is 11.5 Å². The molecule has 2 aromatic carbocycles. The summed E-state index contributed by atoms with van der Waals surface area (Å²) in [4.78, 5) is 0. The van der Waals surface area contributed by atoms with E-state index in [0.717, 1.165) is 0 Å². The lowest BCUT2D eigenvalue weighted by Crippen LogP contribution is -2.31. The highest BCUT2D eigenvalue weighted by atomic mass is 35.5. The zero-order valence-electron chi connectivity index (χ0n) is 12.0. The number of thiol groups is 1. The van der Waals surface area contributed by atoms with E-state index < -0.39 is 12.7 Å². The van der Waals surface area contributed by atoms with Gasteiger partial charge in [0.25, 0.3) is 0 Å². The maximum absolute atomic E-state index is 9.28. The normalized spacial score (nSPS) is 11.7. The third-order valence-electron chi connectivity index (χ3n) is 2.95. The summed E-state index contributed by atoms with van der Waals surface area (Å²) in [5, 5.41) is 21.9. The summed E-state index contributed by atoms with van der Waals surface area (Å²) >= 11 is 16.3. The van der Waals surface area contributed by atoms with Crippen LogP contribution in [-0.2, 0) is 0 Å². The highest BCUT2D eigenvalue weighted by Crippen LogP contribution is 2.26. The first kappa shape index (κ1) is 18.1. The molecular weight excluding hydrogens is 360 g/mol. The monoisotopic (exact) mass is 373 g/mol. The van der Waals surface area contributed by atoms with E-state index >= 15 is 0 Å². The third-order valence-corrected chi connectivity index (χ3v) is 3.83. The molecule has 9 heteroatoms. The number of benzene rings is 2. The molecule has 0 aromatic heterocycles. The van der Waals surface area contributed by atoms with Gasteiger partial charge in [-0.1, -0.05) is 23.2 Å². The van der Waals surface area contributed by atoms with Gasteiger partial charge in [-0.25, -0.2) is 0 Å². The largest absolute Gasteiger partial charge is 0.497 e. The Balaban J connectivity index is 2.09. The van der Waals surface area contributed by atoms with Crippen molar-refractivity contribution >= 4 is 54.1 Å². The second kappa shape index (κ2) is 8.03. The van der Waals surface area contributed by atoms with Crippen LogP contribution in [0.4, 0.5) is 5.69 Å². The van der Waals surface area contributed by atoms with Crippen LogP contribution in [0.1, 0.15) is 0 Å². The van der Waals surface area contributed by atoms with E-state index in [0.29, 0.717) is 22.2 Å². The van der Waals surface area contributed by atoms with Crippen molar-refractivity contribution < 1.29 is 19.5 Å². The van der Waals surface area contributed by atoms with Gasteiger partial charge in [-0.3, -0.25) is 0 Å². The van der Waals surface area contributed by atoms with Crippen molar-refractivity contribution in [3.63, 3.8) is 0 Å². The molecule has 0 fully saturated rings. The number of ether oxygens (including phenoxy) is 2. The number of anilines is 1. The molecule has 0 aliphatic heterocycles. The molecule has 0 radical (unpaired) electrons. The van der Waals surface area contributed by atoms with Crippen LogP contribution in [0.15, 0.2) is 36.4 Å². The quantitative estimate of drug-likeness (QED) is 0.355. The van der Waals surface area contributed by atoms with E-state index in [2.05, 4.69) is 17.9 Å². The van der Waals surface area contributed by atoms with Crippen LogP contribution in [0, 0.1) is 0 Å². The molecule has 23 heavy (non-hydrogen) atoms. The molecule has 2 aromatic rings. The number of halogens is 2. The van der Waals surface area contributed by atoms with Crippen LogP contribution in [0.25, 0.3) is 0 Å². The topological polar surface area (TPSA) is 71.0 Å². The fraction of sp³-hybridized carbons (Fsp3) is 0.143. The van der Waals surface area contributed by atoms with Gasteiger partial charge in [0.05, 0.1) is 17.8 Å². The van der Waals surface area contributed by atoms with Gasteiger partial charge in [0.15, 0.2) is 0 Å². The summed E-state index contributed by atoms with van der Waals surface area (Å²) in [7, 11) is -0.129. The van der Waals surface area contributed by atoms with Gasteiger partial charge in [0.2, 0.25) is 5.56 Å². The van der Waals surface area contributed by atoms with Crippen LogP contribution in [0.3, 0.4) is 0 Å². The zero-order chi connectivity index (χ0) is 17.0. The van der Waals surface area contributed by atoms with E-state index in [1.807, 2.05) is 0 Å². The predicted molar refractivity (Wildman–Crippen MR) is 96.3 cm³/mol. The summed E-state index contributed by atoms with van der Waals surface area (Å²) in [6.45, 7) is 0. The summed E-state index contributed by atoms with van der Waals surface area (Å²) in [6.07, 6.45) is 0. The van der Waals surface area contributed by atoms with E-state index in [9.17, 15) is 10.0 Å². The number of rotatable bonds is 6. The molecule has 0 saturated heterocycles. The standard InChI is InChI=1S/C14H14BCl2NO4S/c1-21-8-2-4-9(5-3-8)22-14(23)18-13-6-10(15(19)20)11(16)7-12(13)17/h2-7,14,18-20,23H,1H3. The molecule has 0 aliphatic carbocycles. The molecular formula is C14H14BCl2NO4S.